The lowest BCUT2D eigenvalue weighted by Crippen LogP contribution is -2.36. The summed E-state index contributed by atoms with van der Waals surface area (Å²) in [5.41, 5.74) is 7.04. The zero-order valence-electron chi connectivity index (χ0n) is 14.5. The summed E-state index contributed by atoms with van der Waals surface area (Å²) in [5, 5.41) is 0.880. The van der Waals surface area contributed by atoms with Crippen molar-refractivity contribution in [1.29, 1.82) is 0 Å². The summed E-state index contributed by atoms with van der Waals surface area (Å²) < 4.78 is 22.8. The van der Waals surface area contributed by atoms with E-state index in [1.54, 1.807) is 29.9 Å². The molecule has 0 saturated carbocycles. The lowest BCUT2D eigenvalue weighted by atomic mass is 9.99. The second kappa shape index (κ2) is 7.18. The van der Waals surface area contributed by atoms with Crippen LogP contribution in [-0.2, 0) is 16.4 Å². The Kier molecular flexibility index (Phi) is 4.73. The molecule has 0 radical (unpaired) electrons. The highest BCUT2D eigenvalue weighted by Gasteiger charge is 2.17. The van der Waals surface area contributed by atoms with Crippen LogP contribution in [0.15, 0.2) is 48.9 Å². The molecule has 1 aliphatic carbocycles. The molecule has 0 bridgehead atoms. The lowest BCUT2D eigenvalue weighted by Gasteiger charge is -2.18. The van der Waals surface area contributed by atoms with Crippen molar-refractivity contribution in [2.24, 2.45) is 0 Å². The molecule has 3 aromatic heterocycles. The zero-order chi connectivity index (χ0) is 18.9. The molecular weight excluding hydrogens is 382 g/mol. The van der Waals surface area contributed by atoms with Crippen LogP contribution in [0.2, 0.25) is 0 Å². The van der Waals surface area contributed by atoms with Crippen LogP contribution in [0, 0.1) is 0 Å². The maximum absolute atomic E-state index is 11.4. The molecule has 9 heteroatoms. The standard InChI is InChI=1S/C18H17N5O2S2/c1-27(24,25)23-22-15-6-2-4-12-7-8-14(21-17(12)15)16-11-20-18(26-16)13-5-3-9-19-10-13/h3,5-11,22-23H,2,4H2,1H3. The molecule has 3 heterocycles. The van der Waals surface area contributed by atoms with Crippen molar-refractivity contribution in [2.75, 3.05) is 6.26 Å². The van der Waals surface area contributed by atoms with Gasteiger partial charge in [0, 0.05) is 24.2 Å². The number of hydrazine groups is 1. The predicted molar refractivity (Wildman–Crippen MR) is 106 cm³/mol. The second-order valence-electron chi connectivity index (χ2n) is 6.13. The van der Waals surface area contributed by atoms with Crippen molar-refractivity contribution >= 4 is 27.1 Å². The molecule has 0 atom stereocenters. The molecule has 0 aromatic carbocycles. The van der Waals surface area contributed by atoms with E-state index in [-0.39, 0.29) is 0 Å². The van der Waals surface area contributed by atoms with Gasteiger partial charge in [0.25, 0.3) is 0 Å². The van der Waals surface area contributed by atoms with Crippen molar-refractivity contribution in [1.82, 2.24) is 25.2 Å². The Labute approximate surface area is 161 Å². The summed E-state index contributed by atoms with van der Waals surface area (Å²) in [5.74, 6) is 0. The summed E-state index contributed by atoms with van der Waals surface area (Å²) in [6.45, 7) is 0. The first-order valence-electron chi connectivity index (χ1n) is 8.29. The first-order valence-corrected chi connectivity index (χ1v) is 11.0. The van der Waals surface area contributed by atoms with E-state index < -0.39 is 10.0 Å². The average molecular weight is 400 g/mol. The number of hydrogen-bond acceptors (Lipinski definition) is 7. The van der Waals surface area contributed by atoms with Crippen LogP contribution >= 0.6 is 11.3 Å². The molecule has 138 valence electrons. The van der Waals surface area contributed by atoms with Crippen molar-refractivity contribution in [2.45, 2.75) is 12.8 Å². The number of fused-ring (bicyclic) bond motifs is 1. The van der Waals surface area contributed by atoms with Gasteiger partial charge in [-0.3, -0.25) is 4.98 Å². The highest BCUT2D eigenvalue weighted by Crippen LogP contribution is 2.32. The van der Waals surface area contributed by atoms with Gasteiger partial charge in [0.15, 0.2) is 0 Å². The summed E-state index contributed by atoms with van der Waals surface area (Å²) in [4.78, 5) is 16.6. The van der Waals surface area contributed by atoms with Crippen LogP contribution in [-0.4, -0.2) is 29.6 Å². The third kappa shape index (κ3) is 4.05. The maximum Gasteiger partial charge on any atom is 0.225 e. The summed E-state index contributed by atoms with van der Waals surface area (Å²) in [6, 6.07) is 7.87. The Morgan fingerprint density at radius 1 is 1.19 bits per heavy atom. The van der Waals surface area contributed by atoms with Crippen LogP contribution in [0.3, 0.4) is 0 Å². The number of sulfonamides is 1. The Bertz CT molecular complexity index is 1110. The smallest absolute Gasteiger partial charge is 0.225 e. The van der Waals surface area contributed by atoms with Gasteiger partial charge >= 0.3 is 0 Å². The fraction of sp³-hybridized carbons (Fsp3) is 0.167. The van der Waals surface area contributed by atoms with Crippen LogP contribution in [0.5, 0.6) is 0 Å². The highest BCUT2D eigenvalue weighted by atomic mass is 32.2. The van der Waals surface area contributed by atoms with Crippen molar-refractivity contribution in [3.05, 3.63) is 60.2 Å². The highest BCUT2D eigenvalue weighted by molar-refractivity contribution is 7.88. The monoisotopic (exact) mass is 399 g/mol. The van der Waals surface area contributed by atoms with Gasteiger partial charge in [-0.15, -0.1) is 16.2 Å². The number of hydrogen-bond donors (Lipinski definition) is 2. The van der Waals surface area contributed by atoms with Gasteiger partial charge in [-0.2, -0.15) is 0 Å². The first-order chi connectivity index (χ1) is 13.0. The fourth-order valence-corrected chi connectivity index (χ4v) is 3.97. The van der Waals surface area contributed by atoms with Gasteiger partial charge in [-0.25, -0.2) is 18.4 Å². The number of pyridine rings is 2. The molecule has 27 heavy (non-hydrogen) atoms. The minimum absolute atomic E-state index is 0.667. The number of thiazole rings is 1. The normalized spacial score (nSPS) is 13.7. The van der Waals surface area contributed by atoms with Crippen molar-refractivity contribution in [3.63, 3.8) is 0 Å². The largest absolute Gasteiger partial charge is 0.306 e. The molecule has 0 spiro atoms. The third-order valence-corrected chi connectivity index (χ3v) is 5.58. The summed E-state index contributed by atoms with van der Waals surface area (Å²) in [7, 11) is -3.36. The predicted octanol–water partition coefficient (Wildman–Crippen LogP) is 2.61. The van der Waals surface area contributed by atoms with E-state index in [0.717, 1.165) is 51.5 Å². The van der Waals surface area contributed by atoms with E-state index in [9.17, 15) is 8.42 Å². The van der Waals surface area contributed by atoms with Crippen molar-refractivity contribution in [3.8, 4) is 21.1 Å². The molecule has 1 aliphatic rings. The van der Waals surface area contributed by atoms with Gasteiger partial charge in [0.05, 0.1) is 28.2 Å². The van der Waals surface area contributed by atoms with Crippen LogP contribution in [0.25, 0.3) is 26.8 Å². The number of nitrogens with one attached hydrogen (secondary N) is 2. The van der Waals surface area contributed by atoms with Gasteiger partial charge in [0.2, 0.25) is 10.0 Å². The topological polar surface area (TPSA) is 96.9 Å². The molecule has 7 nitrogen and oxygen atoms in total. The molecule has 0 saturated heterocycles. The van der Waals surface area contributed by atoms with Crippen molar-refractivity contribution < 1.29 is 8.42 Å². The molecule has 4 rings (SSSR count). The van der Waals surface area contributed by atoms with Gasteiger partial charge in [0.1, 0.15) is 5.01 Å². The quantitative estimate of drug-likeness (QED) is 0.640. The number of rotatable bonds is 5. The van der Waals surface area contributed by atoms with E-state index in [0.29, 0.717) is 5.70 Å². The Morgan fingerprint density at radius 2 is 2.07 bits per heavy atom. The molecular formula is C18H17N5O2S2. The summed E-state index contributed by atoms with van der Waals surface area (Å²) in [6.07, 6.45) is 10.1. The Balaban J connectivity index is 1.65. The van der Waals surface area contributed by atoms with E-state index >= 15 is 0 Å². The first kappa shape index (κ1) is 17.8. The molecule has 0 fully saturated rings. The van der Waals surface area contributed by atoms with E-state index in [4.69, 9.17) is 4.98 Å². The second-order valence-corrected chi connectivity index (χ2v) is 8.91. The minimum atomic E-state index is -3.36. The molecule has 3 aromatic rings. The summed E-state index contributed by atoms with van der Waals surface area (Å²) >= 11 is 1.54. The maximum atomic E-state index is 11.4. The van der Waals surface area contributed by atoms with E-state index in [1.165, 1.54) is 0 Å². The van der Waals surface area contributed by atoms with Gasteiger partial charge < -0.3 is 5.43 Å². The average Bonchev–Trinajstić information content (AvgIpc) is 3.16. The lowest BCUT2D eigenvalue weighted by molar-refractivity contribution is 0.582. The SMILES string of the molecule is CS(=O)(=O)NNC1=CCCc2ccc(-c3cnc(-c4cccnc4)s3)nc21. The molecule has 0 unspecified atom stereocenters. The zero-order valence-corrected chi connectivity index (χ0v) is 16.1. The van der Waals surface area contributed by atoms with Gasteiger partial charge in [-0.05, 0) is 36.6 Å². The van der Waals surface area contributed by atoms with Gasteiger partial charge in [-0.1, -0.05) is 12.1 Å². The van der Waals surface area contributed by atoms with Crippen LogP contribution < -0.4 is 10.3 Å². The number of nitrogens with zero attached hydrogens (tertiary/aromatic N) is 3. The number of aromatic nitrogens is 3. The van der Waals surface area contributed by atoms with E-state index in [2.05, 4.69) is 20.2 Å². The minimum Gasteiger partial charge on any atom is -0.306 e. The Morgan fingerprint density at radius 3 is 2.85 bits per heavy atom. The molecule has 0 amide bonds. The van der Waals surface area contributed by atoms with Crippen LogP contribution in [0.1, 0.15) is 17.7 Å². The third-order valence-electron chi connectivity index (χ3n) is 4.03. The van der Waals surface area contributed by atoms with Crippen LogP contribution in [0.4, 0.5) is 0 Å². The number of aryl methyl sites for hydroxylation is 1. The fourth-order valence-electron chi connectivity index (χ4n) is 2.80. The molecule has 2 N–H and O–H groups in total. The van der Waals surface area contributed by atoms with E-state index in [1.807, 2.05) is 30.3 Å². The molecule has 0 aliphatic heterocycles. The Hall–Kier alpha value is -2.62. The number of allylic oxidation sites excluding steroid dienone is 1.